The van der Waals surface area contributed by atoms with Crippen LogP contribution in [0.4, 0.5) is 11.5 Å². The second-order valence-corrected chi connectivity index (χ2v) is 6.41. The number of aryl methyl sites for hydroxylation is 1. The van der Waals surface area contributed by atoms with Gasteiger partial charge in [0.25, 0.3) is 0 Å². The lowest BCUT2D eigenvalue weighted by atomic mass is 10.2. The molecular formula is C19H15N3S. The van der Waals surface area contributed by atoms with Gasteiger partial charge in [0.05, 0.1) is 10.2 Å². The summed E-state index contributed by atoms with van der Waals surface area (Å²) in [5, 5.41) is 3.44. The van der Waals surface area contributed by atoms with Gasteiger partial charge in [0.1, 0.15) is 6.33 Å². The topological polar surface area (TPSA) is 37.8 Å². The van der Waals surface area contributed by atoms with Gasteiger partial charge in [-0.05, 0) is 30.2 Å². The number of nitrogens with zero attached hydrogens (tertiary/aromatic N) is 2. The van der Waals surface area contributed by atoms with E-state index in [1.54, 1.807) is 17.7 Å². The van der Waals surface area contributed by atoms with Gasteiger partial charge in [-0.2, -0.15) is 0 Å². The number of rotatable bonds is 3. The molecule has 112 valence electrons. The molecule has 0 saturated carbocycles. The molecule has 2 heterocycles. The molecule has 4 heteroatoms. The fourth-order valence-electron chi connectivity index (χ4n) is 2.53. The lowest BCUT2D eigenvalue weighted by Gasteiger charge is -2.08. The lowest BCUT2D eigenvalue weighted by Crippen LogP contribution is -1.95. The van der Waals surface area contributed by atoms with Gasteiger partial charge in [-0.1, -0.05) is 48.5 Å². The van der Waals surface area contributed by atoms with E-state index in [9.17, 15) is 0 Å². The summed E-state index contributed by atoms with van der Waals surface area (Å²) in [6.45, 7) is 2.09. The predicted molar refractivity (Wildman–Crippen MR) is 97.3 cm³/mol. The first-order valence-electron chi connectivity index (χ1n) is 7.44. The van der Waals surface area contributed by atoms with Crippen molar-refractivity contribution in [3.63, 3.8) is 0 Å². The first kappa shape index (κ1) is 13.9. The van der Waals surface area contributed by atoms with Crippen molar-refractivity contribution in [1.82, 2.24) is 9.97 Å². The molecule has 0 saturated heterocycles. The van der Waals surface area contributed by atoms with Crippen LogP contribution in [0.5, 0.6) is 0 Å². The van der Waals surface area contributed by atoms with Gasteiger partial charge in [0, 0.05) is 10.6 Å². The summed E-state index contributed by atoms with van der Waals surface area (Å²) < 4.78 is 1.08. The molecule has 0 aliphatic heterocycles. The van der Waals surface area contributed by atoms with Crippen LogP contribution in [-0.4, -0.2) is 9.97 Å². The Morgan fingerprint density at radius 1 is 0.913 bits per heavy atom. The molecule has 0 aliphatic carbocycles. The molecule has 2 aromatic heterocycles. The number of thiophene rings is 1. The van der Waals surface area contributed by atoms with Gasteiger partial charge < -0.3 is 5.32 Å². The average molecular weight is 317 g/mol. The first-order chi connectivity index (χ1) is 11.3. The highest BCUT2D eigenvalue weighted by atomic mass is 32.1. The Bertz CT molecular complexity index is 961. The van der Waals surface area contributed by atoms with Crippen LogP contribution in [0.1, 0.15) is 5.56 Å². The molecule has 2 aromatic carbocycles. The monoisotopic (exact) mass is 317 g/mol. The second kappa shape index (κ2) is 5.82. The molecule has 0 bridgehead atoms. The number of para-hydroxylation sites is 1. The molecule has 0 spiro atoms. The summed E-state index contributed by atoms with van der Waals surface area (Å²) in [5.41, 5.74) is 4.44. The lowest BCUT2D eigenvalue weighted by molar-refractivity contribution is 1.22. The van der Waals surface area contributed by atoms with Crippen LogP contribution >= 0.6 is 11.3 Å². The highest BCUT2D eigenvalue weighted by Crippen LogP contribution is 2.36. The minimum absolute atomic E-state index is 0.858. The van der Waals surface area contributed by atoms with Crippen molar-refractivity contribution in [2.75, 3.05) is 5.32 Å². The van der Waals surface area contributed by atoms with Crippen molar-refractivity contribution >= 4 is 33.1 Å². The van der Waals surface area contributed by atoms with E-state index in [1.165, 1.54) is 16.0 Å². The fourth-order valence-corrected chi connectivity index (χ4v) is 3.59. The Labute approximate surface area is 138 Å². The number of fused-ring (bicyclic) bond motifs is 1. The summed E-state index contributed by atoms with van der Waals surface area (Å²) in [4.78, 5) is 10.1. The molecule has 0 unspecified atom stereocenters. The number of anilines is 2. The van der Waals surface area contributed by atoms with E-state index in [0.717, 1.165) is 21.7 Å². The number of aromatic nitrogens is 2. The Kier molecular flexibility index (Phi) is 3.52. The summed E-state index contributed by atoms with van der Waals surface area (Å²) in [7, 11) is 0. The van der Waals surface area contributed by atoms with Crippen LogP contribution in [0.15, 0.2) is 67.0 Å². The van der Waals surface area contributed by atoms with Crippen molar-refractivity contribution in [1.29, 1.82) is 0 Å². The highest BCUT2D eigenvalue weighted by molar-refractivity contribution is 7.22. The zero-order valence-corrected chi connectivity index (χ0v) is 13.5. The van der Waals surface area contributed by atoms with E-state index in [2.05, 4.69) is 64.7 Å². The molecule has 1 N–H and O–H groups in total. The predicted octanol–water partition coefficient (Wildman–Crippen LogP) is 5.41. The van der Waals surface area contributed by atoms with Crippen LogP contribution in [-0.2, 0) is 0 Å². The van der Waals surface area contributed by atoms with Crippen molar-refractivity contribution < 1.29 is 0 Å². The van der Waals surface area contributed by atoms with E-state index in [-0.39, 0.29) is 0 Å². The maximum Gasteiger partial charge on any atom is 0.151 e. The average Bonchev–Trinajstić information content (AvgIpc) is 3.03. The standard InChI is InChI=1S/C19H15N3S/c1-13-7-5-6-10-15(13)22-19-18-16(20-12-21-19)11-17(23-18)14-8-3-2-4-9-14/h2-12H,1H3,(H,20,21,22). The molecule has 3 nitrogen and oxygen atoms in total. The minimum Gasteiger partial charge on any atom is -0.339 e. The van der Waals surface area contributed by atoms with Crippen molar-refractivity contribution in [3.8, 4) is 10.4 Å². The zero-order valence-electron chi connectivity index (χ0n) is 12.7. The van der Waals surface area contributed by atoms with E-state index < -0.39 is 0 Å². The van der Waals surface area contributed by atoms with Gasteiger partial charge in [0.15, 0.2) is 5.82 Å². The molecule has 0 amide bonds. The van der Waals surface area contributed by atoms with Gasteiger partial charge >= 0.3 is 0 Å². The number of hydrogen-bond donors (Lipinski definition) is 1. The van der Waals surface area contributed by atoms with E-state index >= 15 is 0 Å². The van der Waals surface area contributed by atoms with Crippen LogP contribution < -0.4 is 5.32 Å². The quantitative estimate of drug-likeness (QED) is 0.549. The Morgan fingerprint density at radius 2 is 1.70 bits per heavy atom. The normalized spacial score (nSPS) is 10.8. The highest BCUT2D eigenvalue weighted by Gasteiger charge is 2.10. The third kappa shape index (κ3) is 2.69. The van der Waals surface area contributed by atoms with Crippen molar-refractivity contribution in [3.05, 3.63) is 72.6 Å². The molecular weight excluding hydrogens is 302 g/mol. The Balaban J connectivity index is 1.79. The van der Waals surface area contributed by atoms with Crippen molar-refractivity contribution in [2.45, 2.75) is 6.92 Å². The number of hydrogen-bond acceptors (Lipinski definition) is 4. The Hall–Kier alpha value is -2.72. The van der Waals surface area contributed by atoms with Gasteiger partial charge in [0.2, 0.25) is 0 Å². The van der Waals surface area contributed by atoms with E-state index in [1.807, 2.05) is 18.2 Å². The molecule has 4 rings (SSSR count). The Morgan fingerprint density at radius 3 is 2.52 bits per heavy atom. The molecule has 0 atom stereocenters. The van der Waals surface area contributed by atoms with E-state index in [0.29, 0.717) is 0 Å². The first-order valence-corrected chi connectivity index (χ1v) is 8.25. The fraction of sp³-hybridized carbons (Fsp3) is 0.0526. The zero-order chi connectivity index (χ0) is 15.6. The van der Waals surface area contributed by atoms with Crippen LogP contribution in [0.3, 0.4) is 0 Å². The van der Waals surface area contributed by atoms with Crippen LogP contribution in [0.25, 0.3) is 20.7 Å². The maximum atomic E-state index is 4.44. The van der Waals surface area contributed by atoms with Crippen LogP contribution in [0.2, 0.25) is 0 Å². The third-order valence-corrected chi connectivity index (χ3v) is 4.95. The molecule has 23 heavy (non-hydrogen) atoms. The largest absolute Gasteiger partial charge is 0.339 e. The second-order valence-electron chi connectivity index (χ2n) is 5.35. The molecule has 0 radical (unpaired) electrons. The summed E-state index contributed by atoms with van der Waals surface area (Å²) in [6.07, 6.45) is 1.62. The molecule has 0 fully saturated rings. The van der Waals surface area contributed by atoms with E-state index in [4.69, 9.17) is 0 Å². The SMILES string of the molecule is Cc1ccccc1Nc1ncnc2cc(-c3ccccc3)sc12. The minimum atomic E-state index is 0.858. The van der Waals surface area contributed by atoms with Gasteiger partial charge in [-0.3, -0.25) is 0 Å². The summed E-state index contributed by atoms with van der Waals surface area (Å²) in [5.74, 6) is 0.858. The molecule has 4 aromatic rings. The van der Waals surface area contributed by atoms with Gasteiger partial charge in [-0.15, -0.1) is 11.3 Å². The smallest absolute Gasteiger partial charge is 0.151 e. The number of nitrogens with one attached hydrogen (secondary N) is 1. The number of benzene rings is 2. The maximum absolute atomic E-state index is 4.44. The summed E-state index contributed by atoms with van der Waals surface area (Å²) in [6, 6.07) is 20.7. The van der Waals surface area contributed by atoms with Crippen molar-refractivity contribution in [2.24, 2.45) is 0 Å². The summed E-state index contributed by atoms with van der Waals surface area (Å²) >= 11 is 1.71. The van der Waals surface area contributed by atoms with Gasteiger partial charge in [-0.25, -0.2) is 9.97 Å². The van der Waals surface area contributed by atoms with Crippen LogP contribution in [0, 0.1) is 6.92 Å². The third-order valence-electron chi connectivity index (χ3n) is 3.77. The molecule has 0 aliphatic rings.